The summed E-state index contributed by atoms with van der Waals surface area (Å²) >= 11 is 0. The Kier molecular flexibility index (Phi) is 5.76. The van der Waals surface area contributed by atoms with Crippen LogP contribution in [0.4, 0.5) is 4.79 Å². The smallest absolute Gasteiger partial charge is 0.314 e. The van der Waals surface area contributed by atoms with Gasteiger partial charge in [-0.25, -0.2) is 4.79 Å². The average molecular weight is 398 g/mol. The summed E-state index contributed by atoms with van der Waals surface area (Å²) < 4.78 is 7.56. The van der Waals surface area contributed by atoms with Crippen LogP contribution < -0.4 is 15.4 Å². The molecule has 4 unspecified atom stereocenters. The molecule has 5 rings (SSSR count). The Morgan fingerprint density at radius 3 is 2.86 bits per heavy atom. The minimum Gasteiger partial charge on any atom is -0.496 e. The van der Waals surface area contributed by atoms with Gasteiger partial charge in [-0.05, 0) is 50.4 Å². The van der Waals surface area contributed by atoms with Gasteiger partial charge < -0.3 is 15.4 Å². The lowest BCUT2D eigenvalue weighted by atomic mass is 9.74. The maximum atomic E-state index is 11.7. The Balaban J connectivity index is 1.48. The number of benzene rings is 1. The van der Waals surface area contributed by atoms with Crippen molar-refractivity contribution >= 4 is 6.03 Å². The second kappa shape index (κ2) is 8.45. The van der Waals surface area contributed by atoms with Gasteiger partial charge in [-0.1, -0.05) is 12.1 Å². The molecule has 0 aliphatic carbocycles. The lowest BCUT2D eigenvalue weighted by Gasteiger charge is -2.49. The highest BCUT2D eigenvalue weighted by atomic mass is 16.5. The average Bonchev–Trinajstić information content (AvgIpc) is 3.14. The van der Waals surface area contributed by atoms with Crippen LogP contribution in [0.5, 0.6) is 5.75 Å². The number of aromatic nitrogens is 2. The molecule has 0 saturated carbocycles. The summed E-state index contributed by atoms with van der Waals surface area (Å²) in [5.74, 6) is 1.95. The van der Waals surface area contributed by atoms with Gasteiger partial charge in [0.05, 0.1) is 12.8 Å². The minimum absolute atomic E-state index is 0.0696. The second-order valence-electron chi connectivity index (χ2n) is 8.06. The number of fused-ring (bicyclic) bond motifs is 3. The molecule has 4 atom stereocenters. The van der Waals surface area contributed by atoms with E-state index in [0.717, 1.165) is 36.5 Å². The fourth-order valence-electron chi connectivity index (χ4n) is 4.94. The summed E-state index contributed by atoms with van der Waals surface area (Å²) in [6.07, 6.45) is 2.32. The van der Waals surface area contributed by atoms with Crippen molar-refractivity contribution in [3.63, 3.8) is 0 Å². The number of rotatable bonds is 6. The van der Waals surface area contributed by atoms with Crippen molar-refractivity contribution in [1.82, 2.24) is 25.3 Å². The van der Waals surface area contributed by atoms with Gasteiger partial charge >= 0.3 is 6.03 Å². The van der Waals surface area contributed by atoms with E-state index in [0.29, 0.717) is 31.0 Å². The third-order valence-electron chi connectivity index (χ3n) is 6.39. The fourth-order valence-corrected chi connectivity index (χ4v) is 4.94. The summed E-state index contributed by atoms with van der Waals surface area (Å²) in [5, 5.41) is 10.6. The predicted octanol–water partition coefficient (Wildman–Crippen LogP) is 2.59. The first-order valence-electron chi connectivity index (χ1n) is 10.5. The molecule has 0 radical (unpaired) electrons. The number of nitrogens with zero attached hydrogens (tertiary/aromatic N) is 3. The van der Waals surface area contributed by atoms with Crippen molar-refractivity contribution in [1.29, 1.82) is 0 Å². The van der Waals surface area contributed by atoms with Crippen molar-refractivity contribution in [3.05, 3.63) is 36.0 Å². The van der Waals surface area contributed by atoms with Crippen LogP contribution in [0, 0.1) is 5.92 Å². The maximum absolute atomic E-state index is 11.7. The van der Waals surface area contributed by atoms with Gasteiger partial charge in [0, 0.05) is 49.9 Å². The number of amides is 2. The first kappa shape index (κ1) is 19.8. The molecule has 1 aromatic carbocycles. The standard InChI is InChI=1S/C22H31N5O2/c1-4-23-22(28)24-13-16-11-15-9-10-27(16)14-18(15)20-12-19(25-26(20)2)17-7-5-6-8-21(17)29-3/h5-8,12,15-16,18H,4,9-11,13-14H2,1-3H3,(H2,23,24,28). The summed E-state index contributed by atoms with van der Waals surface area (Å²) in [6.45, 7) is 5.44. The summed E-state index contributed by atoms with van der Waals surface area (Å²) in [6, 6.07) is 10.6. The fraction of sp³-hybridized carbons (Fsp3) is 0.545. The predicted molar refractivity (Wildman–Crippen MR) is 113 cm³/mol. The van der Waals surface area contributed by atoms with Gasteiger partial charge in [-0.2, -0.15) is 5.10 Å². The number of carbonyl (C=O) groups excluding carboxylic acids is 1. The van der Waals surface area contributed by atoms with Gasteiger partial charge in [-0.3, -0.25) is 9.58 Å². The van der Waals surface area contributed by atoms with Gasteiger partial charge in [0.1, 0.15) is 5.75 Å². The van der Waals surface area contributed by atoms with Crippen LogP contribution in [0.1, 0.15) is 31.4 Å². The number of nitrogens with one attached hydrogen (secondary N) is 2. The van der Waals surface area contributed by atoms with E-state index in [9.17, 15) is 4.79 Å². The van der Waals surface area contributed by atoms with Crippen LogP contribution >= 0.6 is 0 Å². The molecule has 2 N–H and O–H groups in total. The summed E-state index contributed by atoms with van der Waals surface area (Å²) in [4.78, 5) is 14.3. The minimum atomic E-state index is -0.0696. The zero-order valence-electron chi connectivity index (χ0n) is 17.5. The topological polar surface area (TPSA) is 71.4 Å². The molecule has 2 bridgehead atoms. The molecule has 3 aliphatic rings. The Morgan fingerprint density at radius 1 is 1.31 bits per heavy atom. The number of ether oxygens (including phenoxy) is 1. The number of aryl methyl sites for hydroxylation is 1. The lowest BCUT2D eigenvalue weighted by Crippen LogP contribution is -2.56. The number of piperidine rings is 3. The molecule has 7 heteroatoms. The number of methoxy groups -OCH3 is 1. The molecule has 2 aromatic rings. The number of hydrogen-bond acceptors (Lipinski definition) is 4. The normalized spacial score (nSPS) is 25.6. The van der Waals surface area contributed by atoms with Gasteiger partial charge in [0.2, 0.25) is 0 Å². The van der Waals surface area contributed by atoms with Crippen molar-refractivity contribution < 1.29 is 9.53 Å². The van der Waals surface area contributed by atoms with Crippen LogP contribution in [0.25, 0.3) is 11.3 Å². The van der Waals surface area contributed by atoms with E-state index in [1.54, 1.807) is 7.11 Å². The molecule has 3 fully saturated rings. The molecular formula is C22H31N5O2. The van der Waals surface area contributed by atoms with E-state index < -0.39 is 0 Å². The third-order valence-corrected chi connectivity index (χ3v) is 6.39. The highest BCUT2D eigenvalue weighted by Gasteiger charge is 2.41. The van der Waals surface area contributed by atoms with Crippen LogP contribution in [0.3, 0.4) is 0 Å². The van der Waals surface area contributed by atoms with E-state index in [1.165, 1.54) is 12.1 Å². The zero-order chi connectivity index (χ0) is 20.4. The van der Waals surface area contributed by atoms with Crippen LogP contribution in [-0.2, 0) is 7.05 Å². The van der Waals surface area contributed by atoms with E-state index in [4.69, 9.17) is 9.84 Å². The SMILES string of the molecule is CCNC(=O)NCC1CC2CCN1CC2c1cc(-c2ccccc2OC)nn1C. The van der Waals surface area contributed by atoms with Crippen LogP contribution in [0.2, 0.25) is 0 Å². The Morgan fingerprint density at radius 2 is 2.14 bits per heavy atom. The molecular weight excluding hydrogens is 366 g/mol. The molecule has 1 aromatic heterocycles. The van der Waals surface area contributed by atoms with E-state index in [-0.39, 0.29) is 6.03 Å². The zero-order valence-corrected chi connectivity index (χ0v) is 17.5. The molecule has 3 aliphatic heterocycles. The number of para-hydroxylation sites is 1. The van der Waals surface area contributed by atoms with Crippen molar-refractivity contribution in [3.8, 4) is 17.0 Å². The first-order chi connectivity index (χ1) is 14.1. The molecule has 2 amide bonds. The van der Waals surface area contributed by atoms with Crippen molar-refractivity contribution in [2.75, 3.05) is 33.3 Å². The molecule has 29 heavy (non-hydrogen) atoms. The number of carbonyl (C=O) groups is 1. The van der Waals surface area contributed by atoms with E-state index in [2.05, 4.69) is 27.7 Å². The van der Waals surface area contributed by atoms with Crippen LogP contribution in [0.15, 0.2) is 30.3 Å². The highest BCUT2D eigenvalue weighted by Crippen LogP contribution is 2.42. The second-order valence-corrected chi connectivity index (χ2v) is 8.06. The van der Waals surface area contributed by atoms with Crippen LogP contribution in [-0.4, -0.2) is 60.0 Å². The van der Waals surface area contributed by atoms with E-state index in [1.807, 2.05) is 36.9 Å². The lowest BCUT2D eigenvalue weighted by molar-refractivity contribution is 0.0294. The number of hydrogen-bond donors (Lipinski definition) is 2. The molecule has 3 saturated heterocycles. The monoisotopic (exact) mass is 397 g/mol. The Bertz CT molecular complexity index is 865. The molecule has 156 valence electrons. The highest BCUT2D eigenvalue weighted by molar-refractivity contribution is 5.73. The van der Waals surface area contributed by atoms with E-state index >= 15 is 0 Å². The third kappa shape index (κ3) is 3.96. The van der Waals surface area contributed by atoms with Crippen molar-refractivity contribution in [2.45, 2.75) is 31.7 Å². The summed E-state index contributed by atoms with van der Waals surface area (Å²) in [5.41, 5.74) is 3.28. The number of urea groups is 1. The van der Waals surface area contributed by atoms with Gasteiger partial charge in [0.15, 0.2) is 0 Å². The first-order valence-corrected chi connectivity index (χ1v) is 10.5. The summed E-state index contributed by atoms with van der Waals surface area (Å²) in [7, 11) is 3.74. The molecule has 0 spiro atoms. The Hall–Kier alpha value is -2.54. The van der Waals surface area contributed by atoms with Gasteiger partial charge in [-0.15, -0.1) is 0 Å². The molecule has 4 heterocycles. The molecule has 7 nitrogen and oxygen atoms in total. The van der Waals surface area contributed by atoms with Gasteiger partial charge in [0.25, 0.3) is 0 Å². The maximum Gasteiger partial charge on any atom is 0.314 e. The quantitative estimate of drug-likeness (QED) is 0.786. The van der Waals surface area contributed by atoms with Crippen molar-refractivity contribution in [2.24, 2.45) is 13.0 Å². The Labute approximate surface area is 172 Å². The largest absolute Gasteiger partial charge is 0.496 e.